The van der Waals surface area contributed by atoms with Crippen molar-refractivity contribution in [1.82, 2.24) is 0 Å². The number of aliphatic hydroxyl groups is 1. The molecule has 0 radical (unpaired) electrons. The van der Waals surface area contributed by atoms with E-state index in [4.69, 9.17) is 5.11 Å². The average molecular weight is 262 g/mol. The highest BCUT2D eigenvalue weighted by Crippen LogP contribution is 2.16. The van der Waals surface area contributed by atoms with E-state index >= 15 is 0 Å². The van der Waals surface area contributed by atoms with Crippen LogP contribution in [-0.4, -0.2) is 17.5 Å². The van der Waals surface area contributed by atoms with Gasteiger partial charge in [0.1, 0.15) is 0 Å². The van der Waals surface area contributed by atoms with Crippen LogP contribution in [0, 0.1) is 17.8 Å². The van der Waals surface area contributed by atoms with Gasteiger partial charge < -0.3 is 5.11 Å². The van der Waals surface area contributed by atoms with Crippen molar-refractivity contribution in [2.24, 2.45) is 5.92 Å². The number of hydrogen-bond acceptors (Lipinski definition) is 2. The highest BCUT2D eigenvalue weighted by atomic mass is 32.2. The Morgan fingerprint density at radius 3 is 2.89 bits per heavy atom. The first-order valence-corrected chi connectivity index (χ1v) is 7.64. The van der Waals surface area contributed by atoms with Crippen molar-refractivity contribution >= 4 is 11.8 Å². The van der Waals surface area contributed by atoms with Crippen molar-refractivity contribution < 1.29 is 5.11 Å². The van der Waals surface area contributed by atoms with Crippen LogP contribution in [0.15, 0.2) is 24.3 Å². The van der Waals surface area contributed by atoms with E-state index in [1.54, 1.807) is 0 Å². The summed E-state index contributed by atoms with van der Waals surface area (Å²) in [5.74, 6) is 9.09. The molecule has 0 aromatic heterocycles. The molecule has 1 nitrogen and oxygen atoms in total. The fraction of sp³-hybridized carbons (Fsp3) is 0.500. The third-order valence-corrected chi connectivity index (χ3v) is 3.57. The molecule has 0 unspecified atom stereocenters. The molecule has 1 rings (SSSR count). The Kier molecular flexibility index (Phi) is 7.64. The Morgan fingerprint density at radius 2 is 2.17 bits per heavy atom. The molecule has 0 saturated carbocycles. The summed E-state index contributed by atoms with van der Waals surface area (Å²) in [5.41, 5.74) is 2.38. The van der Waals surface area contributed by atoms with Gasteiger partial charge in [-0.2, -0.15) is 11.8 Å². The molecule has 0 fully saturated rings. The first-order chi connectivity index (χ1) is 8.72. The fourth-order valence-electron chi connectivity index (χ4n) is 1.47. The van der Waals surface area contributed by atoms with Crippen LogP contribution >= 0.6 is 11.8 Å². The van der Waals surface area contributed by atoms with Crippen LogP contribution in [0.4, 0.5) is 0 Å². The summed E-state index contributed by atoms with van der Waals surface area (Å²) in [6.07, 6.45) is 1.83. The number of rotatable bonds is 6. The third kappa shape index (κ3) is 6.74. The molecule has 98 valence electrons. The predicted octanol–water partition coefficient (Wildman–Crippen LogP) is 3.70. The number of hydrogen-bond donors (Lipinski definition) is 1. The van der Waals surface area contributed by atoms with Gasteiger partial charge in [0, 0.05) is 17.7 Å². The molecule has 18 heavy (non-hydrogen) atoms. The van der Waals surface area contributed by atoms with Crippen molar-refractivity contribution in [3.8, 4) is 11.8 Å². The number of benzene rings is 1. The minimum Gasteiger partial charge on any atom is -0.395 e. The second kappa shape index (κ2) is 9.08. The maximum atomic E-state index is 8.68. The molecule has 1 aromatic rings. The molecule has 0 aliphatic heterocycles. The van der Waals surface area contributed by atoms with E-state index in [9.17, 15) is 0 Å². The topological polar surface area (TPSA) is 20.2 Å². The van der Waals surface area contributed by atoms with Crippen LogP contribution < -0.4 is 0 Å². The normalized spacial score (nSPS) is 10.2. The zero-order valence-corrected chi connectivity index (χ0v) is 12.1. The quantitative estimate of drug-likeness (QED) is 0.623. The summed E-state index contributed by atoms with van der Waals surface area (Å²) in [7, 11) is 0. The molecule has 0 bridgehead atoms. The van der Waals surface area contributed by atoms with E-state index in [1.165, 1.54) is 17.7 Å². The molecule has 0 heterocycles. The molecule has 0 amide bonds. The van der Waals surface area contributed by atoms with E-state index in [0.29, 0.717) is 6.42 Å². The maximum Gasteiger partial charge on any atom is 0.0540 e. The lowest BCUT2D eigenvalue weighted by Crippen LogP contribution is -1.90. The molecule has 1 aromatic carbocycles. The minimum atomic E-state index is 0.137. The van der Waals surface area contributed by atoms with Crippen molar-refractivity contribution in [1.29, 1.82) is 0 Å². The van der Waals surface area contributed by atoms with Gasteiger partial charge in [0.05, 0.1) is 6.61 Å². The van der Waals surface area contributed by atoms with Crippen molar-refractivity contribution in [2.75, 3.05) is 12.4 Å². The maximum absolute atomic E-state index is 8.68. The largest absolute Gasteiger partial charge is 0.395 e. The molecular weight excluding hydrogens is 240 g/mol. The van der Waals surface area contributed by atoms with Gasteiger partial charge in [0.15, 0.2) is 0 Å². The van der Waals surface area contributed by atoms with Crippen LogP contribution in [-0.2, 0) is 5.75 Å². The predicted molar refractivity (Wildman–Crippen MR) is 80.6 cm³/mol. The van der Waals surface area contributed by atoms with Crippen LogP contribution in [0.3, 0.4) is 0 Å². The fourth-order valence-corrected chi connectivity index (χ4v) is 2.67. The standard InChI is InChI=1S/C16H22OS/c1-14(2)9-11-18-13-16-8-5-7-15(12-16)6-3-4-10-17/h5,7-8,12,14,17H,4,9-11,13H2,1-2H3. The van der Waals surface area contributed by atoms with Gasteiger partial charge >= 0.3 is 0 Å². The molecular formula is C16H22OS. The summed E-state index contributed by atoms with van der Waals surface area (Å²) in [6, 6.07) is 8.38. The molecule has 2 heteroatoms. The van der Waals surface area contributed by atoms with Crippen LogP contribution in [0.1, 0.15) is 37.8 Å². The summed E-state index contributed by atoms with van der Waals surface area (Å²) in [6.45, 7) is 4.66. The first-order valence-electron chi connectivity index (χ1n) is 6.49. The van der Waals surface area contributed by atoms with E-state index < -0.39 is 0 Å². The minimum absolute atomic E-state index is 0.137. The van der Waals surface area contributed by atoms with Crippen LogP contribution in [0.5, 0.6) is 0 Å². The molecule has 0 aliphatic carbocycles. The number of thioether (sulfide) groups is 1. The third-order valence-electron chi connectivity index (χ3n) is 2.50. The van der Waals surface area contributed by atoms with Gasteiger partial charge in [-0.1, -0.05) is 37.8 Å². The lowest BCUT2D eigenvalue weighted by atomic mass is 10.1. The Bertz CT molecular complexity index is 401. The first kappa shape index (κ1) is 15.1. The van der Waals surface area contributed by atoms with Crippen LogP contribution in [0.2, 0.25) is 0 Å². The smallest absolute Gasteiger partial charge is 0.0540 e. The molecule has 0 aliphatic rings. The second-order valence-corrected chi connectivity index (χ2v) is 5.82. The summed E-state index contributed by atoms with van der Waals surface area (Å²) in [4.78, 5) is 0. The van der Waals surface area contributed by atoms with E-state index in [-0.39, 0.29) is 6.61 Å². The Hall–Kier alpha value is -0.910. The van der Waals surface area contributed by atoms with Crippen LogP contribution in [0.25, 0.3) is 0 Å². The van der Waals surface area contributed by atoms with Gasteiger partial charge in [-0.05, 0) is 35.8 Å². The van der Waals surface area contributed by atoms with Gasteiger partial charge in [-0.25, -0.2) is 0 Å². The Balaban J connectivity index is 2.42. The van der Waals surface area contributed by atoms with Crippen molar-refractivity contribution in [2.45, 2.75) is 32.4 Å². The summed E-state index contributed by atoms with van der Waals surface area (Å²) < 4.78 is 0. The van der Waals surface area contributed by atoms with Gasteiger partial charge in [-0.3, -0.25) is 0 Å². The molecule has 0 atom stereocenters. The second-order valence-electron chi connectivity index (χ2n) is 4.71. The average Bonchev–Trinajstić information content (AvgIpc) is 2.35. The highest BCUT2D eigenvalue weighted by Gasteiger charge is 1.97. The molecule has 0 spiro atoms. The number of aliphatic hydroxyl groups excluding tert-OH is 1. The van der Waals surface area contributed by atoms with E-state index in [1.807, 2.05) is 17.8 Å². The van der Waals surface area contributed by atoms with Crippen molar-refractivity contribution in [3.63, 3.8) is 0 Å². The molecule has 1 N–H and O–H groups in total. The Labute approximate surface area is 115 Å². The van der Waals surface area contributed by atoms with Gasteiger partial charge in [0.25, 0.3) is 0 Å². The zero-order valence-electron chi connectivity index (χ0n) is 11.3. The van der Waals surface area contributed by atoms with E-state index in [0.717, 1.165) is 17.2 Å². The highest BCUT2D eigenvalue weighted by molar-refractivity contribution is 7.98. The van der Waals surface area contributed by atoms with Gasteiger partial charge in [0.2, 0.25) is 0 Å². The van der Waals surface area contributed by atoms with E-state index in [2.05, 4.69) is 43.9 Å². The Morgan fingerprint density at radius 1 is 1.33 bits per heavy atom. The lowest BCUT2D eigenvalue weighted by Gasteiger charge is -2.05. The monoisotopic (exact) mass is 262 g/mol. The SMILES string of the molecule is CC(C)CCSCc1cccc(C#CCCO)c1. The summed E-state index contributed by atoms with van der Waals surface area (Å²) in [5, 5.41) is 8.68. The lowest BCUT2D eigenvalue weighted by molar-refractivity contribution is 0.305. The van der Waals surface area contributed by atoms with Crippen molar-refractivity contribution in [3.05, 3.63) is 35.4 Å². The molecule has 0 saturated heterocycles. The van der Waals surface area contributed by atoms with Gasteiger partial charge in [-0.15, -0.1) is 0 Å². The summed E-state index contributed by atoms with van der Waals surface area (Å²) >= 11 is 1.98. The zero-order chi connectivity index (χ0) is 13.2.